The second-order valence-corrected chi connectivity index (χ2v) is 17.3. The molecule has 5 heterocycles. The predicted molar refractivity (Wildman–Crippen MR) is 215 cm³/mol. The van der Waals surface area contributed by atoms with E-state index in [1.54, 1.807) is 12.4 Å². The number of hydrogen-bond acceptors (Lipinski definition) is 8. The van der Waals surface area contributed by atoms with Crippen LogP contribution >= 0.6 is 15.9 Å². The van der Waals surface area contributed by atoms with Crippen molar-refractivity contribution in [2.45, 2.75) is 117 Å². The first kappa shape index (κ1) is 40.4. The summed E-state index contributed by atoms with van der Waals surface area (Å²) in [6, 6.07) is 28.1. The standard InChI is InChI=1S/C17H20BNO2.C12H24B2O4.C11H8BrN/c1-16(2)17(3,4)21-18(20-16)14-9-7-8-13(12-14)15-10-5-6-11-19-15;1-9(2)10(3,4)16-13(15-9)14-17-11(5,6)12(7,8)18-14;12-10-5-3-4-9(8-10)11-6-1-2-7-13-11/h5-12H,1-4H3;1-8H3;1-8H. The number of nitrogens with zero attached hydrogens (tertiary/aromatic N) is 2. The summed E-state index contributed by atoms with van der Waals surface area (Å²) in [6.45, 7) is 24.5. The Morgan fingerprint density at radius 2 is 0.827 bits per heavy atom. The molecule has 3 aliphatic heterocycles. The number of aromatic nitrogens is 2. The fourth-order valence-corrected chi connectivity index (χ4v) is 5.94. The topological polar surface area (TPSA) is 81.2 Å². The van der Waals surface area contributed by atoms with Crippen molar-refractivity contribution >= 4 is 42.5 Å². The molecule has 3 fully saturated rings. The molecular formula is C40H52B3BrN2O6. The molecule has 7 rings (SSSR count). The van der Waals surface area contributed by atoms with Gasteiger partial charge in [-0.2, -0.15) is 0 Å². The summed E-state index contributed by atoms with van der Waals surface area (Å²) in [4.78, 5) is 8.66. The minimum Gasteiger partial charge on any atom is -0.405 e. The Balaban J connectivity index is 0.000000155. The third kappa shape index (κ3) is 8.92. The molecule has 0 bridgehead atoms. The van der Waals surface area contributed by atoms with Crippen molar-refractivity contribution in [2.24, 2.45) is 0 Å². The molecule has 0 amide bonds. The first-order chi connectivity index (χ1) is 24.1. The molecule has 52 heavy (non-hydrogen) atoms. The molecular weight excluding hydrogens is 717 g/mol. The second kappa shape index (κ2) is 15.1. The fourth-order valence-electron chi connectivity index (χ4n) is 5.54. The zero-order valence-electron chi connectivity index (χ0n) is 32.7. The van der Waals surface area contributed by atoms with Gasteiger partial charge in [0.05, 0.1) is 45.0 Å². The van der Waals surface area contributed by atoms with Gasteiger partial charge in [0.2, 0.25) is 0 Å². The van der Waals surface area contributed by atoms with Crippen LogP contribution in [0.25, 0.3) is 22.5 Å². The zero-order valence-corrected chi connectivity index (χ0v) is 34.3. The number of halogens is 1. The Hall–Kier alpha value is -2.83. The van der Waals surface area contributed by atoms with E-state index in [1.165, 1.54) is 0 Å². The number of pyridine rings is 2. The molecule has 0 N–H and O–H groups in total. The van der Waals surface area contributed by atoms with Crippen LogP contribution in [0, 0.1) is 0 Å². The first-order valence-electron chi connectivity index (χ1n) is 17.9. The summed E-state index contributed by atoms with van der Waals surface area (Å²) >= 11 is 3.43. The molecule has 12 heteroatoms. The largest absolute Gasteiger partial charge is 0.494 e. The predicted octanol–water partition coefficient (Wildman–Crippen LogP) is 8.81. The maximum Gasteiger partial charge on any atom is 0.494 e. The van der Waals surface area contributed by atoms with E-state index in [-0.39, 0.29) is 40.7 Å². The van der Waals surface area contributed by atoms with E-state index in [9.17, 15) is 0 Å². The molecule has 0 saturated carbocycles. The lowest BCUT2D eigenvalue weighted by Crippen LogP contribution is -2.41. The molecule has 4 aromatic rings. The minimum atomic E-state index is -0.476. The van der Waals surface area contributed by atoms with Crippen LogP contribution in [0.4, 0.5) is 0 Å². The molecule has 3 aliphatic rings. The van der Waals surface area contributed by atoms with Crippen molar-refractivity contribution in [1.29, 1.82) is 0 Å². The van der Waals surface area contributed by atoms with Crippen LogP contribution in [0.2, 0.25) is 0 Å². The number of rotatable bonds is 4. The third-order valence-electron chi connectivity index (χ3n) is 10.9. The van der Waals surface area contributed by atoms with E-state index in [0.29, 0.717) is 0 Å². The van der Waals surface area contributed by atoms with Crippen molar-refractivity contribution in [3.8, 4) is 22.5 Å². The van der Waals surface area contributed by atoms with Gasteiger partial charge in [0.15, 0.2) is 0 Å². The molecule has 8 nitrogen and oxygen atoms in total. The Bertz CT molecular complexity index is 1730. The van der Waals surface area contributed by atoms with Crippen LogP contribution in [0.3, 0.4) is 0 Å². The van der Waals surface area contributed by atoms with Gasteiger partial charge in [-0.1, -0.05) is 64.5 Å². The SMILES string of the molecule is Brc1cccc(-c2ccccn2)c1.CC1(C)OB(B2OC(C)(C)C(C)(C)O2)OC1(C)C.CC1(C)OB(c2cccc(-c3ccccn3)c2)OC1(C)C. The molecule has 0 unspecified atom stereocenters. The monoisotopic (exact) mass is 768 g/mol. The van der Waals surface area contributed by atoms with Gasteiger partial charge >= 0.3 is 21.1 Å². The maximum absolute atomic E-state index is 6.10. The van der Waals surface area contributed by atoms with Gasteiger partial charge in [0.1, 0.15) is 0 Å². The Labute approximate surface area is 320 Å². The summed E-state index contributed by atoms with van der Waals surface area (Å²) < 4.78 is 37.1. The third-order valence-corrected chi connectivity index (χ3v) is 11.4. The van der Waals surface area contributed by atoms with Crippen LogP contribution < -0.4 is 5.46 Å². The summed E-state index contributed by atoms with van der Waals surface area (Å²) in [7, 11) is -1.29. The maximum atomic E-state index is 6.10. The summed E-state index contributed by atoms with van der Waals surface area (Å²) in [5, 5.41) is 0. The Kier molecular flexibility index (Phi) is 11.7. The van der Waals surface area contributed by atoms with Crippen LogP contribution in [0.5, 0.6) is 0 Å². The molecule has 2 aromatic carbocycles. The van der Waals surface area contributed by atoms with Crippen molar-refractivity contribution in [1.82, 2.24) is 9.97 Å². The van der Waals surface area contributed by atoms with Gasteiger partial charge in [0.25, 0.3) is 0 Å². The number of benzene rings is 2. The fraction of sp³-hybridized carbons (Fsp3) is 0.450. The quantitative estimate of drug-likeness (QED) is 0.191. The zero-order chi connectivity index (χ0) is 38.2. The highest BCUT2D eigenvalue weighted by atomic mass is 79.9. The van der Waals surface area contributed by atoms with Crippen LogP contribution in [0.15, 0.2) is 102 Å². The van der Waals surface area contributed by atoms with Gasteiger partial charge in [-0.3, -0.25) is 9.97 Å². The lowest BCUT2D eigenvalue weighted by atomic mass is 9.49. The molecule has 0 radical (unpaired) electrons. The second-order valence-electron chi connectivity index (χ2n) is 16.4. The van der Waals surface area contributed by atoms with Crippen molar-refractivity contribution in [3.05, 3.63) is 102 Å². The van der Waals surface area contributed by atoms with Gasteiger partial charge in [-0.25, -0.2) is 0 Å². The minimum absolute atomic E-state index is 0.321. The van der Waals surface area contributed by atoms with Gasteiger partial charge < -0.3 is 27.9 Å². The van der Waals surface area contributed by atoms with Crippen LogP contribution in [0.1, 0.15) is 83.1 Å². The highest BCUT2D eigenvalue weighted by molar-refractivity contribution is 9.10. The molecule has 0 atom stereocenters. The van der Waals surface area contributed by atoms with Gasteiger partial charge in [-0.05, 0) is 131 Å². The lowest BCUT2D eigenvalue weighted by molar-refractivity contribution is 0.00578. The normalized spacial score (nSPS) is 21.5. The highest BCUT2D eigenvalue weighted by Gasteiger charge is 2.63. The number of hydrogen-bond donors (Lipinski definition) is 0. The molecule has 3 saturated heterocycles. The Morgan fingerprint density at radius 3 is 1.21 bits per heavy atom. The first-order valence-corrected chi connectivity index (χ1v) is 18.7. The summed E-state index contributed by atoms with van der Waals surface area (Å²) in [6.07, 6.45) is 3.60. The van der Waals surface area contributed by atoms with Crippen LogP contribution in [-0.4, -0.2) is 64.7 Å². The molecule has 0 spiro atoms. The summed E-state index contributed by atoms with van der Waals surface area (Å²) in [5.74, 6) is 0. The van der Waals surface area contributed by atoms with Gasteiger partial charge in [-0.15, -0.1) is 0 Å². The Morgan fingerprint density at radius 1 is 0.442 bits per heavy atom. The highest BCUT2D eigenvalue weighted by Crippen LogP contribution is 2.43. The van der Waals surface area contributed by atoms with E-state index in [2.05, 4.69) is 71.8 Å². The molecule has 2 aromatic heterocycles. The van der Waals surface area contributed by atoms with E-state index < -0.39 is 14.0 Å². The van der Waals surface area contributed by atoms with E-state index in [1.807, 2.05) is 122 Å². The average molecular weight is 769 g/mol. The van der Waals surface area contributed by atoms with Crippen LogP contribution in [-0.2, 0) is 27.9 Å². The van der Waals surface area contributed by atoms with Gasteiger partial charge in [0, 0.05) is 22.4 Å². The smallest absolute Gasteiger partial charge is 0.405 e. The average Bonchev–Trinajstić information content (AvgIpc) is 3.55. The van der Waals surface area contributed by atoms with Crippen molar-refractivity contribution < 1.29 is 27.9 Å². The summed E-state index contributed by atoms with van der Waals surface area (Å²) in [5.41, 5.74) is 3.11. The van der Waals surface area contributed by atoms with E-state index >= 15 is 0 Å². The molecule has 274 valence electrons. The molecule has 0 aliphatic carbocycles. The van der Waals surface area contributed by atoms with E-state index in [0.717, 1.165) is 32.5 Å². The lowest BCUT2D eigenvalue weighted by Gasteiger charge is -2.32. The van der Waals surface area contributed by atoms with Crippen molar-refractivity contribution in [3.63, 3.8) is 0 Å². The van der Waals surface area contributed by atoms with Crippen molar-refractivity contribution in [2.75, 3.05) is 0 Å². The van der Waals surface area contributed by atoms with E-state index in [4.69, 9.17) is 27.9 Å².